The Balaban J connectivity index is 2.22. The van der Waals surface area contributed by atoms with Gasteiger partial charge < -0.3 is 10.1 Å². The number of hydrogen-bond acceptors (Lipinski definition) is 2. The number of para-hydroxylation sites is 1. The summed E-state index contributed by atoms with van der Waals surface area (Å²) in [5, 5.41) is 3.49. The van der Waals surface area contributed by atoms with Gasteiger partial charge in [-0.2, -0.15) is 0 Å². The molecule has 106 valence electrons. The Hall–Kier alpha value is -1.000. The minimum atomic E-state index is 0.720. The fourth-order valence-electron chi connectivity index (χ4n) is 2.17. The van der Waals surface area contributed by atoms with Crippen molar-refractivity contribution in [2.75, 3.05) is 12.4 Å². The molecule has 0 spiro atoms. The fourth-order valence-corrected chi connectivity index (χ4v) is 3.64. The Bertz CT molecular complexity index is 599. The molecular weight excluding hydrogens is 382 g/mol. The van der Waals surface area contributed by atoms with Gasteiger partial charge in [-0.3, -0.25) is 0 Å². The highest BCUT2D eigenvalue weighted by Gasteiger charge is 2.09. The maximum Gasteiger partial charge on any atom is 0.138 e. The Morgan fingerprint density at radius 2 is 1.85 bits per heavy atom. The summed E-state index contributed by atoms with van der Waals surface area (Å²) >= 11 is 7.05. The topological polar surface area (TPSA) is 21.3 Å². The Kier molecular flexibility index (Phi) is 5.49. The Labute approximate surface area is 136 Å². The molecule has 0 fully saturated rings. The zero-order valence-corrected chi connectivity index (χ0v) is 14.7. The summed E-state index contributed by atoms with van der Waals surface area (Å²) in [5.41, 5.74) is 3.60. The number of hydrogen-bond donors (Lipinski definition) is 1. The fraction of sp³-hybridized carbons (Fsp3) is 0.250. The van der Waals surface area contributed by atoms with Gasteiger partial charge >= 0.3 is 0 Å². The molecule has 0 saturated carbocycles. The first-order valence-electron chi connectivity index (χ1n) is 6.49. The van der Waals surface area contributed by atoms with Crippen molar-refractivity contribution in [2.24, 2.45) is 0 Å². The summed E-state index contributed by atoms with van der Waals surface area (Å²) in [5.74, 6) is 0.870. The van der Waals surface area contributed by atoms with E-state index in [2.05, 4.69) is 74.4 Å². The van der Waals surface area contributed by atoms with Gasteiger partial charge in [-0.05, 0) is 46.1 Å². The van der Waals surface area contributed by atoms with Crippen LogP contribution in [0.3, 0.4) is 0 Å². The van der Waals surface area contributed by atoms with E-state index in [0.717, 1.165) is 33.2 Å². The monoisotopic (exact) mass is 397 g/mol. The van der Waals surface area contributed by atoms with E-state index in [1.807, 2.05) is 6.07 Å². The molecule has 4 heteroatoms. The predicted octanol–water partition coefficient (Wildman–Crippen LogP) is 5.39. The molecule has 0 heterocycles. The van der Waals surface area contributed by atoms with E-state index in [1.54, 1.807) is 7.11 Å². The highest BCUT2D eigenvalue weighted by molar-refractivity contribution is 9.11. The van der Waals surface area contributed by atoms with Crippen molar-refractivity contribution in [3.8, 4) is 5.75 Å². The smallest absolute Gasteiger partial charge is 0.138 e. The van der Waals surface area contributed by atoms with Gasteiger partial charge in [0.2, 0.25) is 0 Å². The summed E-state index contributed by atoms with van der Waals surface area (Å²) in [6, 6.07) is 12.4. The molecular formula is C16H17Br2NO. The number of nitrogens with one attached hydrogen (secondary N) is 1. The zero-order valence-electron chi connectivity index (χ0n) is 11.5. The van der Waals surface area contributed by atoms with Crippen LogP contribution < -0.4 is 10.1 Å². The Morgan fingerprint density at radius 1 is 1.10 bits per heavy atom. The van der Waals surface area contributed by atoms with E-state index in [0.29, 0.717) is 0 Å². The predicted molar refractivity (Wildman–Crippen MR) is 91.5 cm³/mol. The second-order valence-electron chi connectivity index (χ2n) is 4.44. The molecule has 20 heavy (non-hydrogen) atoms. The minimum Gasteiger partial charge on any atom is -0.495 e. The third-order valence-corrected chi connectivity index (χ3v) is 4.20. The molecule has 2 nitrogen and oxygen atoms in total. The van der Waals surface area contributed by atoms with Crippen LogP contribution in [0.15, 0.2) is 45.3 Å². The molecule has 0 aliphatic rings. The molecule has 0 aliphatic carbocycles. The van der Waals surface area contributed by atoms with Crippen LogP contribution in [0.4, 0.5) is 5.69 Å². The van der Waals surface area contributed by atoms with Crippen molar-refractivity contribution in [2.45, 2.75) is 19.9 Å². The molecule has 2 rings (SSSR count). The molecule has 0 saturated heterocycles. The average Bonchev–Trinajstić information content (AvgIpc) is 2.45. The highest BCUT2D eigenvalue weighted by atomic mass is 79.9. The summed E-state index contributed by atoms with van der Waals surface area (Å²) in [4.78, 5) is 0. The maximum absolute atomic E-state index is 5.47. The number of halogens is 2. The lowest BCUT2D eigenvalue weighted by atomic mass is 10.1. The van der Waals surface area contributed by atoms with Gasteiger partial charge in [0.25, 0.3) is 0 Å². The number of benzene rings is 2. The van der Waals surface area contributed by atoms with Crippen molar-refractivity contribution in [3.05, 3.63) is 56.5 Å². The van der Waals surface area contributed by atoms with Crippen LogP contribution in [0, 0.1) is 0 Å². The molecule has 2 aromatic rings. The Morgan fingerprint density at radius 3 is 2.55 bits per heavy atom. The molecule has 0 radical (unpaired) electrons. The first-order valence-corrected chi connectivity index (χ1v) is 8.08. The summed E-state index contributed by atoms with van der Waals surface area (Å²) in [6.45, 7) is 2.88. The molecule has 1 N–H and O–H groups in total. The van der Waals surface area contributed by atoms with Crippen LogP contribution in [-0.2, 0) is 13.0 Å². The standard InChI is InChI=1S/C16H17Br2NO/c1-3-11-6-4-5-7-15(11)19-10-12-8-13(17)9-14(18)16(12)20-2/h4-9,19H,3,10H2,1-2H3. The lowest BCUT2D eigenvalue weighted by Gasteiger charge is -2.14. The maximum atomic E-state index is 5.47. The van der Waals surface area contributed by atoms with Gasteiger partial charge in [-0.1, -0.05) is 41.1 Å². The van der Waals surface area contributed by atoms with Gasteiger partial charge in [-0.25, -0.2) is 0 Å². The van der Waals surface area contributed by atoms with Crippen molar-refractivity contribution in [1.29, 1.82) is 0 Å². The largest absolute Gasteiger partial charge is 0.495 e. The molecule has 0 aliphatic heterocycles. The van der Waals surface area contributed by atoms with E-state index in [9.17, 15) is 0 Å². The first kappa shape index (κ1) is 15.4. The molecule has 0 aromatic heterocycles. The van der Waals surface area contributed by atoms with Crippen molar-refractivity contribution >= 4 is 37.5 Å². The highest BCUT2D eigenvalue weighted by Crippen LogP contribution is 2.33. The minimum absolute atomic E-state index is 0.720. The molecule has 2 aromatic carbocycles. The summed E-state index contributed by atoms with van der Waals surface area (Å²) < 4.78 is 7.46. The first-order chi connectivity index (χ1) is 9.65. The van der Waals surface area contributed by atoms with Crippen LogP contribution in [0.25, 0.3) is 0 Å². The van der Waals surface area contributed by atoms with Crippen LogP contribution in [-0.4, -0.2) is 7.11 Å². The van der Waals surface area contributed by atoms with Gasteiger partial charge in [-0.15, -0.1) is 0 Å². The average molecular weight is 399 g/mol. The van der Waals surface area contributed by atoms with Crippen molar-refractivity contribution in [1.82, 2.24) is 0 Å². The second-order valence-corrected chi connectivity index (χ2v) is 6.21. The SMILES string of the molecule is CCc1ccccc1NCc1cc(Br)cc(Br)c1OC. The van der Waals surface area contributed by atoms with E-state index in [-0.39, 0.29) is 0 Å². The van der Waals surface area contributed by atoms with Crippen LogP contribution in [0.2, 0.25) is 0 Å². The molecule has 0 amide bonds. The lowest BCUT2D eigenvalue weighted by Crippen LogP contribution is -2.04. The van der Waals surface area contributed by atoms with E-state index in [4.69, 9.17) is 4.74 Å². The van der Waals surface area contributed by atoms with Gasteiger partial charge in [0.1, 0.15) is 5.75 Å². The molecule has 0 unspecified atom stereocenters. The zero-order chi connectivity index (χ0) is 14.5. The number of anilines is 1. The number of rotatable bonds is 5. The van der Waals surface area contributed by atoms with E-state index < -0.39 is 0 Å². The van der Waals surface area contributed by atoms with Crippen molar-refractivity contribution < 1.29 is 4.74 Å². The van der Waals surface area contributed by atoms with E-state index >= 15 is 0 Å². The third-order valence-electron chi connectivity index (χ3n) is 3.16. The lowest BCUT2D eigenvalue weighted by molar-refractivity contribution is 0.407. The summed E-state index contributed by atoms with van der Waals surface area (Å²) in [6.07, 6.45) is 1.02. The number of methoxy groups -OCH3 is 1. The van der Waals surface area contributed by atoms with Gasteiger partial charge in [0, 0.05) is 22.3 Å². The van der Waals surface area contributed by atoms with E-state index in [1.165, 1.54) is 11.3 Å². The van der Waals surface area contributed by atoms with Crippen LogP contribution >= 0.6 is 31.9 Å². The molecule has 0 atom stereocenters. The number of aryl methyl sites for hydroxylation is 1. The van der Waals surface area contributed by atoms with Gasteiger partial charge in [0.15, 0.2) is 0 Å². The molecule has 0 bridgehead atoms. The van der Waals surface area contributed by atoms with Gasteiger partial charge in [0.05, 0.1) is 11.6 Å². The van der Waals surface area contributed by atoms with Crippen LogP contribution in [0.5, 0.6) is 5.75 Å². The second kappa shape index (κ2) is 7.14. The quantitative estimate of drug-likeness (QED) is 0.728. The normalized spacial score (nSPS) is 10.4. The third kappa shape index (κ3) is 3.55. The number of ether oxygens (including phenoxy) is 1. The van der Waals surface area contributed by atoms with Crippen molar-refractivity contribution in [3.63, 3.8) is 0 Å². The summed E-state index contributed by atoms with van der Waals surface area (Å²) in [7, 11) is 1.69. The van der Waals surface area contributed by atoms with Crippen LogP contribution in [0.1, 0.15) is 18.1 Å².